The van der Waals surface area contributed by atoms with Gasteiger partial charge in [0.2, 0.25) is 0 Å². The van der Waals surface area contributed by atoms with Crippen molar-refractivity contribution in [2.75, 3.05) is 0 Å². The van der Waals surface area contributed by atoms with Crippen molar-refractivity contribution < 1.29 is 0 Å². The molecule has 0 bridgehead atoms. The van der Waals surface area contributed by atoms with Gasteiger partial charge >= 0.3 is 0 Å². The monoisotopic (exact) mass is 222 g/mol. The van der Waals surface area contributed by atoms with E-state index in [0.29, 0.717) is 0 Å². The van der Waals surface area contributed by atoms with E-state index in [1.807, 2.05) is 6.20 Å². The SMILES string of the molecule is Brc1c2c(cc3cn[nH]c13)CC2. The lowest BCUT2D eigenvalue weighted by Crippen LogP contribution is -2.08. The summed E-state index contributed by atoms with van der Waals surface area (Å²) in [5.74, 6) is 0. The fourth-order valence-corrected chi connectivity index (χ4v) is 2.49. The van der Waals surface area contributed by atoms with Crippen molar-refractivity contribution >= 4 is 26.8 Å². The van der Waals surface area contributed by atoms with Gasteiger partial charge in [0.1, 0.15) is 0 Å². The van der Waals surface area contributed by atoms with E-state index in [4.69, 9.17) is 0 Å². The molecular formula is C9H7BrN2. The van der Waals surface area contributed by atoms with Gasteiger partial charge in [-0.3, -0.25) is 5.10 Å². The summed E-state index contributed by atoms with van der Waals surface area (Å²) in [6, 6.07) is 2.22. The molecule has 0 saturated carbocycles. The number of hydrogen-bond donors (Lipinski definition) is 1. The molecule has 60 valence electrons. The highest BCUT2D eigenvalue weighted by atomic mass is 79.9. The summed E-state index contributed by atoms with van der Waals surface area (Å²) in [7, 11) is 0. The van der Waals surface area contributed by atoms with E-state index < -0.39 is 0 Å². The average molecular weight is 223 g/mol. The fraction of sp³-hybridized carbons (Fsp3) is 0.222. The molecule has 1 N–H and O–H groups in total. The molecule has 3 rings (SSSR count). The van der Waals surface area contributed by atoms with Crippen LogP contribution in [0.4, 0.5) is 0 Å². The van der Waals surface area contributed by atoms with Gasteiger partial charge in [0.05, 0.1) is 11.7 Å². The largest absolute Gasteiger partial charge is 0.277 e. The first-order valence-electron chi connectivity index (χ1n) is 3.99. The van der Waals surface area contributed by atoms with Gasteiger partial charge in [0.25, 0.3) is 0 Å². The van der Waals surface area contributed by atoms with Crippen molar-refractivity contribution in [2.24, 2.45) is 0 Å². The van der Waals surface area contributed by atoms with Crippen molar-refractivity contribution in [1.82, 2.24) is 10.2 Å². The number of H-pyrrole nitrogens is 1. The van der Waals surface area contributed by atoms with Gasteiger partial charge in [-0.15, -0.1) is 0 Å². The lowest BCUT2D eigenvalue weighted by molar-refractivity contribution is 0.837. The van der Waals surface area contributed by atoms with Crippen LogP contribution >= 0.6 is 15.9 Å². The van der Waals surface area contributed by atoms with Crippen molar-refractivity contribution in [3.05, 3.63) is 27.9 Å². The Morgan fingerprint density at radius 1 is 1.42 bits per heavy atom. The highest BCUT2D eigenvalue weighted by Crippen LogP contribution is 2.35. The van der Waals surface area contributed by atoms with Crippen LogP contribution in [0.3, 0.4) is 0 Å². The quantitative estimate of drug-likeness (QED) is 0.729. The summed E-state index contributed by atoms with van der Waals surface area (Å²) in [4.78, 5) is 0. The average Bonchev–Trinajstić information content (AvgIpc) is 2.43. The van der Waals surface area contributed by atoms with Crippen molar-refractivity contribution in [2.45, 2.75) is 12.8 Å². The molecule has 0 unspecified atom stereocenters. The third-order valence-electron chi connectivity index (χ3n) is 2.51. The molecule has 12 heavy (non-hydrogen) atoms. The number of nitrogens with zero attached hydrogens (tertiary/aromatic N) is 1. The van der Waals surface area contributed by atoms with E-state index in [1.165, 1.54) is 33.8 Å². The minimum atomic E-state index is 1.13. The summed E-state index contributed by atoms with van der Waals surface area (Å²) in [6.45, 7) is 0. The second-order valence-electron chi connectivity index (χ2n) is 3.16. The van der Waals surface area contributed by atoms with Crippen LogP contribution < -0.4 is 0 Å². The maximum absolute atomic E-state index is 4.02. The summed E-state index contributed by atoms with van der Waals surface area (Å²) in [5, 5.41) is 8.22. The molecule has 1 heterocycles. The molecule has 0 fully saturated rings. The Labute approximate surface area is 78.1 Å². The molecule has 2 nitrogen and oxygen atoms in total. The second-order valence-corrected chi connectivity index (χ2v) is 3.96. The highest BCUT2D eigenvalue weighted by molar-refractivity contribution is 9.10. The minimum Gasteiger partial charge on any atom is -0.277 e. The lowest BCUT2D eigenvalue weighted by atomic mass is 9.88. The zero-order valence-electron chi connectivity index (χ0n) is 6.39. The molecule has 1 aliphatic carbocycles. The standard InChI is InChI=1S/C9H7BrN2/c10-8-7-2-1-5(7)3-6-4-11-12-9(6)8/h3-4H,1-2H2,(H,11,12). The number of rotatable bonds is 0. The van der Waals surface area contributed by atoms with Crippen LogP contribution in [0.5, 0.6) is 0 Å². The molecule has 1 aromatic carbocycles. The maximum atomic E-state index is 4.02. The number of aromatic nitrogens is 2. The predicted molar refractivity (Wildman–Crippen MR) is 51.2 cm³/mol. The molecule has 2 aromatic rings. The first-order valence-corrected chi connectivity index (χ1v) is 4.79. The van der Waals surface area contributed by atoms with Gasteiger partial charge in [-0.05, 0) is 46.0 Å². The highest BCUT2D eigenvalue weighted by Gasteiger charge is 2.19. The van der Waals surface area contributed by atoms with Gasteiger partial charge in [-0.2, -0.15) is 5.10 Å². The van der Waals surface area contributed by atoms with Gasteiger partial charge in [-0.1, -0.05) is 0 Å². The van der Waals surface area contributed by atoms with Crippen LogP contribution in [-0.4, -0.2) is 10.2 Å². The van der Waals surface area contributed by atoms with E-state index in [2.05, 4.69) is 32.2 Å². The number of halogens is 1. The van der Waals surface area contributed by atoms with Gasteiger partial charge in [-0.25, -0.2) is 0 Å². The predicted octanol–water partition coefficient (Wildman–Crippen LogP) is 2.42. The Balaban J connectivity index is 2.52. The van der Waals surface area contributed by atoms with Crippen LogP contribution in [0.15, 0.2) is 16.7 Å². The molecule has 0 amide bonds. The van der Waals surface area contributed by atoms with Gasteiger partial charge in [0, 0.05) is 9.86 Å². The van der Waals surface area contributed by atoms with Crippen molar-refractivity contribution in [3.8, 4) is 0 Å². The molecule has 0 atom stereocenters. The fourth-order valence-electron chi connectivity index (χ4n) is 1.72. The Morgan fingerprint density at radius 3 is 3.08 bits per heavy atom. The Morgan fingerprint density at radius 2 is 2.33 bits per heavy atom. The lowest BCUT2D eigenvalue weighted by Gasteiger charge is -2.20. The smallest absolute Gasteiger partial charge is 0.0795 e. The van der Waals surface area contributed by atoms with E-state index in [9.17, 15) is 0 Å². The van der Waals surface area contributed by atoms with E-state index in [-0.39, 0.29) is 0 Å². The van der Waals surface area contributed by atoms with Crippen LogP contribution in [-0.2, 0) is 12.8 Å². The summed E-state index contributed by atoms with van der Waals surface area (Å²) < 4.78 is 1.21. The van der Waals surface area contributed by atoms with Crippen molar-refractivity contribution in [1.29, 1.82) is 0 Å². The van der Waals surface area contributed by atoms with Gasteiger partial charge < -0.3 is 0 Å². The van der Waals surface area contributed by atoms with Crippen LogP contribution in [0.2, 0.25) is 0 Å². The Bertz CT molecular complexity index is 459. The third-order valence-corrected chi connectivity index (χ3v) is 3.39. The van der Waals surface area contributed by atoms with Crippen LogP contribution in [0, 0.1) is 0 Å². The topological polar surface area (TPSA) is 28.7 Å². The number of aryl methyl sites for hydroxylation is 1. The van der Waals surface area contributed by atoms with E-state index in [0.717, 1.165) is 5.52 Å². The number of aromatic amines is 1. The zero-order chi connectivity index (χ0) is 8.13. The summed E-state index contributed by atoms with van der Waals surface area (Å²) in [5.41, 5.74) is 4.05. The summed E-state index contributed by atoms with van der Waals surface area (Å²) in [6.07, 6.45) is 4.29. The molecule has 0 saturated heterocycles. The number of hydrogen-bond acceptors (Lipinski definition) is 1. The molecule has 1 aliphatic rings. The third kappa shape index (κ3) is 0.672. The van der Waals surface area contributed by atoms with E-state index in [1.54, 1.807) is 0 Å². The molecule has 0 spiro atoms. The van der Waals surface area contributed by atoms with Crippen molar-refractivity contribution in [3.63, 3.8) is 0 Å². The van der Waals surface area contributed by atoms with Crippen LogP contribution in [0.25, 0.3) is 10.9 Å². The van der Waals surface area contributed by atoms with Gasteiger partial charge in [0.15, 0.2) is 0 Å². The molecule has 0 radical (unpaired) electrons. The number of nitrogens with one attached hydrogen (secondary N) is 1. The number of benzene rings is 1. The second kappa shape index (κ2) is 2.10. The number of fused-ring (bicyclic) bond motifs is 2. The Hall–Kier alpha value is -0.830. The molecule has 0 aliphatic heterocycles. The Kier molecular flexibility index (Phi) is 1.17. The maximum Gasteiger partial charge on any atom is 0.0795 e. The molecular weight excluding hydrogens is 216 g/mol. The zero-order valence-corrected chi connectivity index (χ0v) is 7.98. The van der Waals surface area contributed by atoms with E-state index >= 15 is 0 Å². The normalized spacial score (nSPS) is 14.4. The first-order chi connectivity index (χ1) is 5.86. The minimum absolute atomic E-state index is 1.13. The first kappa shape index (κ1) is 6.66. The van der Waals surface area contributed by atoms with Crippen LogP contribution in [0.1, 0.15) is 11.1 Å². The molecule has 3 heteroatoms. The molecule has 1 aromatic heterocycles. The summed E-state index contributed by atoms with van der Waals surface area (Å²) >= 11 is 3.59.